The summed E-state index contributed by atoms with van der Waals surface area (Å²) in [7, 11) is 0. The topological polar surface area (TPSA) is 120 Å². The first-order chi connectivity index (χ1) is 14.9. The largest absolute Gasteiger partial charge is 0.481 e. The number of ether oxygens (including phenoxy) is 2. The Balaban J connectivity index is 1.92. The predicted molar refractivity (Wildman–Crippen MR) is 116 cm³/mol. The molecule has 0 aromatic heterocycles. The van der Waals surface area contributed by atoms with E-state index in [1.165, 1.54) is 0 Å². The van der Waals surface area contributed by atoms with Crippen molar-refractivity contribution in [3.63, 3.8) is 0 Å². The molecule has 0 saturated heterocycles. The minimum atomic E-state index is -0.990. The van der Waals surface area contributed by atoms with Crippen LogP contribution in [0.1, 0.15) is 17.9 Å². The van der Waals surface area contributed by atoms with E-state index in [1.807, 2.05) is 0 Å². The summed E-state index contributed by atoms with van der Waals surface area (Å²) in [6.07, 6.45) is 0.231. The van der Waals surface area contributed by atoms with Gasteiger partial charge < -0.3 is 24.7 Å². The first-order valence-electron chi connectivity index (χ1n) is 9.35. The van der Waals surface area contributed by atoms with Crippen molar-refractivity contribution in [2.75, 3.05) is 38.4 Å². The van der Waals surface area contributed by atoms with Crippen LogP contribution in [0.25, 0.3) is 0 Å². The van der Waals surface area contributed by atoms with Gasteiger partial charge >= 0.3 is 5.97 Å². The third-order valence-corrected chi connectivity index (χ3v) is 4.83. The van der Waals surface area contributed by atoms with Crippen molar-refractivity contribution in [2.24, 2.45) is 0 Å². The monoisotopic (exact) mass is 472 g/mol. The molecule has 1 unspecified atom stereocenters. The maximum Gasteiger partial charge on any atom is 0.311 e. The highest BCUT2D eigenvalue weighted by Gasteiger charge is 2.23. The third-order valence-electron chi connectivity index (χ3n) is 4.20. The molecule has 0 amide bonds. The van der Waals surface area contributed by atoms with E-state index in [0.29, 0.717) is 27.0 Å². The Morgan fingerprint density at radius 2 is 1.61 bits per heavy atom. The van der Waals surface area contributed by atoms with Crippen LogP contribution >= 0.6 is 23.2 Å². The SMILES string of the molecule is O=C(O)C(CCOCCOCCO[N+](=O)[O-])c1ccccc1Nc1c(Cl)cccc1Cl. The van der Waals surface area contributed by atoms with E-state index < -0.39 is 17.0 Å². The van der Waals surface area contributed by atoms with Gasteiger partial charge in [0.25, 0.3) is 5.09 Å². The Morgan fingerprint density at radius 3 is 2.26 bits per heavy atom. The lowest BCUT2D eigenvalue weighted by molar-refractivity contribution is -0.758. The highest BCUT2D eigenvalue weighted by atomic mass is 35.5. The molecular weight excluding hydrogens is 451 g/mol. The van der Waals surface area contributed by atoms with Crippen LogP contribution in [0, 0.1) is 10.1 Å². The minimum Gasteiger partial charge on any atom is -0.481 e. The molecule has 11 heteroatoms. The second-order valence-electron chi connectivity index (χ2n) is 6.27. The van der Waals surface area contributed by atoms with Gasteiger partial charge in [0.1, 0.15) is 6.61 Å². The molecule has 0 aliphatic rings. The van der Waals surface area contributed by atoms with E-state index in [0.717, 1.165) is 0 Å². The number of halogens is 2. The van der Waals surface area contributed by atoms with E-state index in [-0.39, 0.29) is 39.5 Å². The number of rotatable bonds is 14. The number of hydrogen-bond acceptors (Lipinski definition) is 7. The van der Waals surface area contributed by atoms with Gasteiger partial charge in [-0.15, -0.1) is 10.1 Å². The van der Waals surface area contributed by atoms with Crippen molar-refractivity contribution in [3.8, 4) is 0 Å². The van der Waals surface area contributed by atoms with Crippen LogP contribution in [-0.2, 0) is 19.1 Å². The first-order valence-corrected chi connectivity index (χ1v) is 10.1. The number of carboxylic acid groups (broad SMARTS) is 1. The molecule has 1 atom stereocenters. The number of carbonyl (C=O) groups is 1. The lowest BCUT2D eigenvalue weighted by Crippen LogP contribution is -2.17. The van der Waals surface area contributed by atoms with Gasteiger partial charge in [-0.2, -0.15) is 0 Å². The van der Waals surface area contributed by atoms with E-state index in [1.54, 1.807) is 42.5 Å². The Hall–Kier alpha value is -2.59. The van der Waals surface area contributed by atoms with E-state index in [2.05, 4.69) is 10.2 Å². The maximum absolute atomic E-state index is 11.9. The third kappa shape index (κ3) is 8.22. The molecule has 0 spiro atoms. The summed E-state index contributed by atoms with van der Waals surface area (Å²) in [5, 5.41) is 22.8. The van der Waals surface area contributed by atoms with E-state index in [9.17, 15) is 20.0 Å². The number of nitrogens with one attached hydrogen (secondary N) is 1. The van der Waals surface area contributed by atoms with E-state index >= 15 is 0 Å². The van der Waals surface area contributed by atoms with E-state index in [4.69, 9.17) is 32.7 Å². The molecule has 0 aliphatic heterocycles. The van der Waals surface area contributed by atoms with Gasteiger partial charge in [0.05, 0.1) is 41.5 Å². The van der Waals surface area contributed by atoms with Crippen molar-refractivity contribution in [2.45, 2.75) is 12.3 Å². The quantitative estimate of drug-likeness (QED) is 0.233. The molecule has 2 N–H and O–H groups in total. The second kappa shape index (κ2) is 13.0. The van der Waals surface area contributed by atoms with Crippen LogP contribution in [-0.4, -0.2) is 49.2 Å². The van der Waals surface area contributed by atoms with Crippen LogP contribution in [0.2, 0.25) is 10.0 Å². The molecule has 0 bridgehead atoms. The van der Waals surface area contributed by atoms with Crippen molar-refractivity contribution < 1.29 is 29.3 Å². The first kappa shape index (κ1) is 24.7. The number of benzene rings is 2. The van der Waals surface area contributed by atoms with Crippen molar-refractivity contribution in [1.29, 1.82) is 0 Å². The fourth-order valence-electron chi connectivity index (χ4n) is 2.77. The Labute approximate surface area is 188 Å². The molecule has 2 rings (SSSR count). The number of anilines is 2. The van der Waals surface area contributed by atoms with Gasteiger partial charge in [-0.05, 0) is 30.2 Å². The highest BCUT2D eigenvalue weighted by Crippen LogP contribution is 2.36. The zero-order valence-electron chi connectivity index (χ0n) is 16.5. The van der Waals surface area contributed by atoms with Crippen molar-refractivity contribution in [3.05, 3.63) is 68.2 Å². The standard InChI is InChI=1S/C20H22Cl2N2O7/c21-16-5-3-6-17(22)19(16)23-18-7-2-1-4-14(18)15(20(25)26)8-9-29-10-11-30-12-13-31-24(27)28/h1-7,15,23H,8-13H2,(H,25,26). The lowest BCUT2D eigenvalue weighted by atomic mass is 9.94. The van der Waals surface area contributed by atoms with Gasteiger partial charge in [-0.1, -0.05) is 47.5 Å². The normalized spacial score (nSPS) is 11.7. The fraction of sp³-hybridized carbons (Fsp3) is 0.350. The van der Waals surface area contributed by atoms with Crippen LogP contribution in [0.5, 0.6) is 0 Å². The molecule has 2 aromatic carbocycles. The molecule has 2 aromatic rings. The summed E-state index contributed by atoms with van der Waals surface area (Å²) in [5.74, 6) is -1.81. The van der Waals surface area contributed by atoms with Crippen LogP contribution < -0.4 is 5.32 Å². The summed E-state index contributed by atoms with van der Waals surface area (Å²) < 4.78 is 10.6. The molecule has 0 radical (unpaired) electrons. The van der Waals surface area contributed by atoms with Gasteiger partial charge in [-0.3, -0.25) is 4.79 Å². The number of hydrogen-bond donors (Lipinski definition) is 2. The number of nitrogens with zero attached hydrogens (tertiary/aromatic N) is 1. The molecule has 0 aliphatic carbocycles. The minimum absolute atomic E-state index is 0.0613. The Bertz CT molecular complexity index is 862. The molecule has 0 saturated carbocycles. The average molecular weight is 473 g/mol. The molecule has 9 nitrogen and oxygen atoms in total. The van der Waals surface area contributed by atoms with Gasteiger partial charge in [0.15, 0.2) is 0 Å². The zero-order chi connectivity index (χ0) is 22.6. The summed E-state index contributed by atoms with van der Waals surface area (Å²) >= 11 is 12.4. The van der Waals surface area contributed by atoms with Crippen molar-refractivity contribution in [1.82, 2.24) is 0 Å². The summed E-state index contributed by atoms with van der Waals surface area (Å²) in [6, 6.07) is 12.1. The van der Waals surface area contributed by atoms with Gasteiger partial charge in [-0.25, -0.2) is 0 Å². The van der Waals surface area contributed by atoms with Crippen LogP contribution in [0.15, 0.2) is 42.5 Å². The number of para-hydroxylation sites is 2. The predicted octanol–water partition coefficient (Wildman–Crippen LogP) is 4.54. The molecule has 0 fully saturated rings. The summed E-state index contributed by atoms with van der Waals surface area (Å²) in [4.78, 5) is 26.0. The van der Waals surface area contributed by atoms with Crippen LogP contribution in [0.4, 0.5) is 11.4 Å². The Morgan fingerprint density at radius 1 is 1.00 bits per heavy atom. The second-order valence-corrected chi connectivity index (χ2v) is 7.08. The number of carboxylic acids is 1. The molecule has 31 heavy (non-hydrogen) atoms. The maximum atomic E-state index is 11.9. The summed E-state index contributed by atoms with van der Waals surface area (Å²) in [6.45, 7) is 0.522. The van der Waals surface area contributed by atoms with Crippen LogP contribution in [0.3, 0.4) is 0 Å². The smallest absolute Gasteiger partial charge is 0.311 e. The average Bonchev–Trinajstić information content (AvgIpc) is 2.72. The van der Waals surface area contributed by atoms with Crippen molar-refractivity contribution >= 4 is 40.5 Å². The van der Waals surface area contributed by atoms with Gasteiger partial charge in [0, 0.05) is 12.3 Å². The van der Waals surface area contributed by atoms with Gasteiger partial charge in [0.2, 0.25) is 0 Å². The zero-order valence-corrected chi connectivity index (χ0v) is 18.0. The fourth-order valence-corrected chi connectivity index (χ4v) is 3.26. The number of aliphatic carboxylic acids is 1. The molecule has 168 valence electrons. The highest BCUT2D eigenvalue weighted by molar-refractivity contribution is 6.39. The lowest BCUT2D eigenvalue weighted by Gasteiger charge is -2.19. The molecular formula is C20H22Cl2N2O7. The summed E-state index contributed by atoms with van der Waals surface area (Å²) in [5.41, 5.74) is 1.65. The Kier molecular flexibility index (Phi) is 10.3. The molecule has 0 heterocycles.